The van der Waals surface area contributed by atoms with Crippen LogP contribution in [0.25, 0.3) is 11.1 Å². The topological polar surface area (TPSA) is 69.7 Å². The Hall–Kier alpha value is -3.01. The zero-order valence-corrected chi connectivity index (χ0v) is 23.4. The predicted octanol–water partition coefficient (Wildman–Crippen LogP) is 6.83. The van der Waals surface area contributed by atoms with Gasteiger partial charge in [0.15, 0.2) is 0 Å². The number of carbonyl (C=O) groups excluding carboxylic acids is 1. The molecule has 2 N–H and O–H groups in total. The van der Waals surface area contributed by atoms with Gasteiger partial charge in [-0.3, -0.25) is 0 Å². The molecule has 7 nitrogen and oxygen atoms in total. The molecule has 218 valence electrons. The summed E-state index contributed by atoms with van der Waals surface area (Å²) in [6, 6.07) is 9.56. The fourth-order valence-corrected chi connectivity index (χ4v) is 6.18. The molecule has 3 aliphatic rings. The molecule has 2 saturated heterocycles. The van der Waals surface area contributed by atoms with Gasteiger partial charge in [-0.15, -0.1) is 0 Å². The van der Waals surface area contributed by atoms with Gasteiger partial charge in [0.1, 0.15) is 11.6 Å². The number of nitrogens with one attached hydrogen (secondary N) is 2. The number of alkyl halides is 3. The number of hydrogen-bond acceptors (Lipinski definition) is 5. The fourth-order valence-electron chi connectivity index (χ4n) is 6.18. The number of carbonyl (C=O) groups is 1. The van der Waals surface area contributed by atoms with E-state index in [2.05, 4.69) is 34.6 Å². The number of amides is 2. The van der Waals surface area contributed by atoms with E-state index >= 15 is 0 Å². The van der Waals surface area contributed by atoms with Gasteiger partial charge >= 0.3 is 12.2 Å². The minimum Gasteiger partial charge on any atom is -0.378 e. The number of aromatic nitrogens is 1. The number of likely N-dealkylation sites (tertiary alicyclic amines) is 1. The van der Waals surface area contributed by atoms with Crippen molar-refractivity contribution in [2.24, 2.45) is 5.92 Å². The molecular weight excluding hydrogens is 519 g/mol. The number of pyridine rings is 1. The van der Waals surface area contributed by atoms with E-state index in [1.165, 1.54) is 24.2 Å². The van der Waals surface area contributed by atoms with Gasteiger partial charge in [-0.25, -0.2) is 9.78 Å². The summed E-state index contributed by atoms with van der Waals surface area (Å²) in [5, 5.41) is 6.66. The monoisotopic (exact) mass is 559 g/mol. The van der Waals surface area contributed by atoms with Crippen LogP contribution in [0.15, 0.2) is 30.3 Å². The van der Waals surface area contributed by atoms with Crippen molar-refractivity contribution in [3.63, 3.8) is 0 Å². The highest BCUT2D eigenvalue weighted by Gasteiger charge is 2.36. The van der Waals surface area contributed by atoms with Crippen LogP contribution in [0.2, 0.25) is 0 Å². The smallest absolute Gasteiger partial charge is 0.378 e. The molecule has 1 saturated carbocycles. The number of halogens is 3. The molecule has 0 bridgehead atoms. The molecule has 0 spiro atoms. The van der Waals surface area contributed by atoms with Crippen molar-refractivity contribution in [2.75, 3.05) is 54.9 Å². The number of aryl methyl sites for hydroxylation is 1. The van der Waals surface area contributed by atoms with E-state index in [4.69, 9.17) is 9.72 Å². The molecule has 3 heterocycles. The number of morpholine rings is 1. The average Bonchev–Trinajstić information content (AvgIpc) is 3.37. The van der Waals surface area contributed by atoms with Gasteiger partial charge in [0.05, 0.1) is 13.2 Å². The highest BCUT2D eigenvalue weighted by molar-refractivity contribution is 5.91. The highest BCUT2D eigenvalue weighted by Crippen LogP contribution is 2.36. The number of anilines is 3. The number of urea groups is 1. The van der Waals surface area contributed by atoms with Crippen LogP contribution in [0.4, 0.5) is 35.3 Å². The van der Waals surface area contributed by atoms with Crippen LogP contribution in [0.1, 0.15) is 57.4 Å². The molecule has 3 fully saturated rings. The quantitative estimate of drug-likeness (QED) is 0.406. The Labute approximate surface area is 234 Å². The molecule has 0 radical (unpaired) electrons. The Bertz CT molecular complexity index is 1190. The van der Waals surface area contributed by atoms with Crippen molar-refractivity contribution in [3.8, 4) is 11.1 Å². The molecular formula is C30H40F3N5O2. The second-order valence-corrected chi connectivity index (χ2v) is 11.8. The van der Waals surface area contributed by atoms with E-state index in [0.29, 0.717) is 31.9 Å². The standard InChI is InChI=1S/C30H40F3N5O2/c1-21-6-7-24(34-28(39)38-11-8-22(20-38)19-30(31,32)33)18-25(21)23-16-26(36-29(2)9-4-3-5-10-29)35-27(17-23)37-12-14-40-15-13-37/h6-7,16-18,22H,3-5,8-15,19-20H2,1-2H3,(H,34,39)(H,35,36)/t22-/m0/s1. The van der Waals surface area contributed by atoms with Gasteiger partial charge in [-0.05, 0) is 80.0 Å². The molecule has 5 rings (SSSR count). The Kier molecular flexibility index (Phi) is 8.44. The van der Waals surface area contributed by atoms with Gasteiger partial charge in [-0.1, -0.05) is 25.3 Å². The summed E-state index contributed by atoms with van der Waals surface area (Å²) in [4.78, 5) is 21.7. The molecule has 40 heavy (non-hydrogen) atoms. The summed E-state index contributed by atoms with van der Waals surface area (Å²) in [6.45, 7) is 7.61. The normalized spacial score (nSPS) is 21.4. The van der Waals surface area contributed by atoms with Crippen molar-refractivity contribution < 1.29 is 22.7 Å². The van der Waals surface area contributed by atoms with Crippen LogP contribution >= 0.6 is 0 Å². The molecule has 1 aromatic carbocycles. The van der Waals surface area contributed by atoms with Crippen molar-refractivity contribution >= 4 is 23.4 Å². The highest BCUT2D eigenvalue weighted by atomic mass is 19.4. The van der Waals surface area contributed by atoms with Gasteiger partial charge in [0.2, 0.25) is 0 Å². The first-order valence-corrected chi connectivity index (χ1v) is 14.4. The minimum atomic E-state index is -4.21. The molecule has 10 heteroatoms. The second kappa shape index (κ2) is 11.8. The number of hydrogen-bond donors (Lipinski definition) is 2. The van der Waals surface area contributed by atoms with Gasteiger partial charge < -0.3 is 25.2 Å². The molecule has 2 aromatic rings. The Balaban J connectivity index is 1.38. The average molecular weight is 560 g/mol. The molecule has 1 aromatic heterocycles. The van der Waals surface area contributed by atoms with E-state index < -0.39 is 18.5 Å². The second-order valence-electron chi connectivity index (χ2n) is 11.8. The first-order valence-electron chi connectivity index (χ1n) is 14.4. The number of ether oxygens (including phenoxy) is 1. The van der Waals surface area contributed by atoms with Crippen molar-refractivity contribution in [1.29, 1.82) is 0 Å². The zero-order valence-electron chi connectivity index (χ0n) is 23.4. The largest absolute Gasteiger partial charge is 0.389 e. The van der Waals surface area contributed by atoms with Gasteiger partial charge in [0.25, 0.3) is 0 Å². The summed E-state index contributed by atoms with van der Waals surface area (Å²) < 4.78 is 44.0. The van der Waals surface area contributed by atoms with Gasteiger partial charge in [-0.2, -0.15) is 13.2 Å². The Morgan fingerprint density at radius 1 is 1.10 bits per heavy atom. The lowest BCUT2D eigenvalue weighted by atomic mass is 9.83. The van der Waals surface area contributed by atoms with E-state index in [1.54, 1.807) is 0 Å². The molecule has 1 aliphatic carbocycles. The third-order valence-electron chi connectivity index (χ3n) is 8.43. The zero-order chi connectivity index (χ0) is 28.3. The van der Waals surface area contributed by atoms with Crippen LogP contribution in [0, 0.1) is 12.8 Å². The maximum atomic E-state index is 12.9. The summed E-state index contributed by atoms with van der Waals surface area (Å²) in [7, 11) is 0. The third kappa shape index (κ3) is 7.19. The summed E-state index contributed by atoms with van der Waals surface area (Å²) in [6.07, 6.45) is 1.18. The molecule has 1 atom stereocenters. The van der Waals surface area contributed by atoms with Crippen molar-refractivity contribution in [3.05, 3.63) is 35.9 Å². The summed E-state index contributed by atoms with van der Waals surface area (Å²) in [5.41, 5.74) is 3.64. The molecule has 2 amide bonds. The first-order chi connectivity index (χ1) is 19.1. The molecule has 2 aliphatic heterocycles. The Morgan fingerprint density at radius 2 is 1.85 bits per heavy atom. The minimum absolute atomic E-state index is 0.00325. The number of nitrogens with zero attached hydrogens (tertiary/aromatic N) is 3. The van der Waals surface area contributed by atoms with Crippen LogP contribution in [-0.2, 0) is 4.74 Å². The first kappa shape index (κ1) is 28.5. The van der Waals surface area contributed by atoms with Crippen molar-refractivity contribution in [2.45, 2.75) is 70.5 Å². The van der Waals surface area contributed by atoms with E-state index in [-0.39, 0.29) is 18.1 Å². The maximum absolute atomic E-state index is 12.9. The lowest BCUT2D eigenvalue weighted by Gasteiger charge is -2.36. The summed E-state index contributed by atoms with van der Waals surface area (Å²) in [5.74, 6) is 1.18. The Morgan fingerprint density at radius 3 is 2.58 bits per heavy atom. The van der Waals surface area contributed by atoms with E-state index in [0.717, 1.165) is 54.3 Å². The number of benzene rings is 1. The fraction of sp³-hybridized carbons (Fsp3) is 0.600. The lowest BCUT2D eigenvalue weighted by molar-refractivity contribution is -0.143. The van der Waals surface area contributed by atoms with E-state index in [1.807, 2.05) is 25.1 Å². The van der Waals surface area contributed by atoms with Crippen LogP contribution < -0.4 is 15.5 Å². The van der Waals surface area contributed by atoms with Crippen LogP contribution in [0.5, 0.6) is 0 Å². The third-order valence-corrected chi connectivity index (χ3v) is 8.43. The number of rotatable bonds is 6. The SMILES string of the molecule is Cc1ccc(NC(=O)N2CC[C@@H](CC(F)(F)F)C2)cc1-c1cc(NC2(C)CCCCC2)nc(N2CCOCC2)c1. The van der Waals surface area contributed by atoms with E-state index in [9.17, 15) is 18.0 Å². The summed E-state index contributed by atoms with van der Waals surface area (Å²) >= 11 is 0. The van der Waals surface area contributed by atoms with Gasteiger partial charge in [0, 0.05) is 43.8 Å². The lowest BCUT2D eigenvalue weighted by Crippen LogP contribution is -2.38. The predicted molar refractivity (Wildman–Crippen MR) is 152 cm³/mol. The van der Waals surface area contributed by atoms with Crippen LogP contribution in [0.3, 0.4) is 0 Å². The van der Waals surface area contributed by atoms with Crippen LogP contribution in [-0.4, -0.2) is 67.0 Å². The van der Waals surface area contributed by atoms with Crippen molar-refractivity contribution in [1.82, 2.24) is 9.88 Å². The molecule has 0 unspecified atom stereocenters. The maximum Gasteiger partial charge on any atom is 0.389 e.